The Bertz CT molecular complexity index is 1130. The van der Waals surface area contributed by atoms with Crippen LogP contribution < -0.4 is 10.4 Å². The van der Waals surface area contributed by atoms with Crippen LogP contribution in [0.3, 0.4) is 0 Å². The van der Waals surface area contributed by atoms with E-state index in [2.05, 4.69) is 38.1 Å². The summed E-state index contributed by atoms with van der Waals surface area (Å²) in [6, 6.07) is 24.6. The average Bonchev–Trinajstić information content (AvgIpc) is 2.84. The van der Waals surface area contributed by atoms with Crippen molar-refractivity contribution in [2.75, 3.05) is 0 Å². The van der Waals surface area contributed by atoms with Crippen molar-refractivity contribution >= 4 is 40.5 Å². The monoisotopic (exact) mass is 456 g/mol. The Kier molecular flexibility index (Phi) is 7.64. The lowest BCUT2D eigenvalue weighted by atomic mass is 9.99. The van der Waals surface area contributed by atoms with Crippen molar-refractivity contribution in [2.24, 2.45) is 0 Å². The maximum absolute atomic E-state index is 11.8. The molecule has 2 N–H and O–H groups in total. The van der Waals surface area contributed by atoms with Gasteiger partial charge in [-0.05, 0) is 58.4 Å². The van der Waals surface area contributed by atoms with Crippen molar-refractivity contribution < 1.29 is 9.59 Å². The van der Waals surface area contributed by atoms with Gasteiger partial charge in [-0.2, -0.15) is 0 Å². The van der Waals surface area contributed by atoms with Crippen molar-refractivity contribution in [3.8, 4) is 0 Å². The number of hydrogen-bond donors (Lipinski definition) is 2. The molecule has 4 aromatic carbocycles. The Morgan fingerprint density at radius 1 is 0.515 bits per heavy atom. The van der Waals surface area contributed by atoms with E-state index in [0.29, 0.717) is 10.4 Å². The largest absolute Gasteiger partial charge is 0.404 e. The molecule has 0 atom stereocenters. The molecule has 172 valence electrons. The molecule has 0 radical (unpaired) electrons. The Balaban J connectivity index is 1.80. The normalized spacial score (nSPS) is 12.0. The van der Waals surface area contributed by atoms with Crippen molar-refractivity contribution in [3.05, 3.63) is 83.9 Å². The first-order valence-electron chi connectivity index (χ1n) is 12.5. The first kappa shape index (κ1) is 23.7. The summed E-state index contributed by atoms with van der Waals surface area (Å²) in [6.45, 7) is 4.44. The van der Waals surface area contributed by atoms with Gasteiger partial charge in [-0.15, -0.1) is 0 Å². The number of unbranched alkanes of at least 4 members (excludes halogenated alkanes) is 4. The van der Waals surface area contributed by atoms with Gasteiger partial charge in [-0.1, -0.05) is 112 Å². The lowest BCUT2D eigenvalue weighted by Crippen LogP contribution is -2.59. The topological polar surface area (TPSA) is 40.5 Å². The molecule has 0 saturated carbocycles. The zero-order chi connectivity index (χ0) is 23.3. The third kappa shape index (κ3) is 4.91. The van der Waals surface area contributed by atoms with Crippen molar-refractivity contribution in [1.82, 2.24) is 0 Å². The predicted octanol–water partition coefficient (Wildman–Crippen LogP) is 6.00. The van der Waals surface area contributed by atoms with Gasteiger partial charge in [0.25, 0.3) is 0 Å². The maximum Gasteiger partial charge on any atom is 0.402 e. The molecule has 0 spiro atoms. The van der Waals surface area contributed by atoms with Gasteiger partial charge in [-0.25, -0.2) is 0 Å². The van der Waals surface area contributed by atoms with Gasteiger partial charge < -0.3 is 9.59 Å². The van der Waals surface area contributed by atoms with Crippen LogP contribution >= 0.6 is 0 Å². The maximum atomic E-state index is 11.8. The summed E-state index contributed by atoms with van der Waals surface area (Å²) < 4.78 is 0. The molecule has 0 heterocycles. The quantitative estimate of drug-likeness (QED) is 0.227. The Morgan fingerprint density at radius 3 is 1.30 bits per heavy atom. The number of benzene rings is 4. The molecular formula is C30H36O2Si. The van der Waals surface area contributed by atoms with E-state index in [1.807, 2.05) is 48.5 Å². The summed E-state index contributed by atoms with van der Waals surface area (Å²) in [5.74, 6) is 0. The predicted molar refractivity (Wildman–Crippen MR) is 144 cm³/mol. The zero-order valence-electron chi connectivity index (χ0n) is 20.0. The van der Waals surface area contributed by atoms with Crippen molar-refractivity contribution in [1.29, 1.82) is 0 Å². The van der Waals surface area contributed by atoms with Gasteiger partial charge in [-0.3, -0.25) is 0 Å². The molecule has 0 aromatic heterocycles. The van der Waals surface area contributed by atoms with Crippen LogP contribution in [0.1, 0.15) is 63.5 Å². The molecule has 0 fully saturated rings. The van der Waals surface area contributed by atoms with E-state index in [9.17, 15) is 9.59 Å². The first-order valence-corrected chi connectivity index (χ1v) is 14.4. The summed E-state index contributed by atoms with van der Waals surface area (Å²) in [6.07, 6.45) is 9.18. The standard InChI is InChI=1S/C30H36O2Si/c1-3-5-7-13-23-19-21-29(27-17-11-9-15-25(23)27)33(31,32)30-22-20-24(14-8-6-4-2)26-16-10-12-18-28(26)30/h9-12,15-22,31-32H,3-8,13-14H2,1-2H3. The molecular weight excluding hydrogens is 420 g/mol. The molecule has 33 heavy (non-hydrogen) atoms. The fourth-order valence-corrected chi connectivity index (χ4v) is 7.15. The average molecular weight is 457 g/mol. The van der Waals surface area contributed by atoms with Gasteiger partial charge in [0, 0.05) is 10.4 Å². The second kappa shape index (κ2) is 10.6. The Hall–Kier alpha value is -2.46. The smallest absolute Gasteiger partial charge is 0.402 e. The molecule has 4 rings (SSSR count). The number of aryl methyl sites for hydroxylation is 2. The summed E-state index contributed by atoms with van der Waals surface area (Å²) in [7, 11) is -3.91. The molecule has 2 nitrogen and oxygen atoms in total. The van der Waals surface area contributed by atoms with E-state index in [0.717, 1.165) is 47.2 Å². The van der Waals surface area contributed by atoms with E-state index in [4.69, 9.17) is 0 Å². The van der Waals surface area contributed by atoms with Gasteiger partial charge in [0.05, 0.1) is 0 Å². The van der Waals surface area contributed by atoms with Crippen LogP contribution in [-0.2, 0) is 12.8 Å². The van der Waals surface area contributed by atoms with Gasteiger partial charge in [0.1, 0.15) is 0 Å². The second-order valence-electron chi connectivity index (χ2n) is 9.22. The SMILES string of the molecule is CCCCCc1ccc([Si](O)(O)c2ccc(CCCCC)c3ccccc23)c2ccccc12. The molecule has 4 aromatic rings. The van der Waals surface area contributed by atoms with E-state index in [1.165, 1.54) is 36.8 Å². The lowest BCUT2D eigenvalue weighted by molar-refractivity contribution is 0.402. The summed E-state index contributed by atoms with van der Waals surface area (Å²) >= 11 is 0. The highest BCUT2D eigenvalue weighted by molar-refractivity contribution is 6.93. The molecule has 0 saturated heterocycles. The molecule has 3 heteroatoms. The van der Waals surface area contributed by atoms with Crippen LogP contribution in [-0.4, -0.2) is 18.2 Å². The summed E-state index contributed by atoms with van der Waals surface area (Å²) in [4.78, 5) is 23.5. The fraction of sp³-hybridized carbons (Fsp3) is 0.333. The minimum Gasteiger partial charge on any atom is -0.404 e. The van der Waals surface area contributed by atoms with Gasteiger partial charge in [0.2, 0.25) is 0 Å². The molecule has 0 aliphatic carbocycles. The number of fused-ring (bicyclic) bond motifs is 2. The zero-order valence-corrected chi connectivity index (χ0v) is 21.0. The van der Waals surface area contributed by atoms with Crippen molar-refractivity contribution in [2.45, 2.75) is 65.2 Å². The second-order valence-corrected chi connectivity index (χ2v) is 11.6. The molecule has 0 unspecified atom stereocenters. The third-order valence-electron chi connectivity index (χ3n) is 6.88. The minimum absolute atomic E-state index is 0.682. The van der Waals surface area contributed by atoms with E-state index >= 15 is 0 Å². The van der Waals surface area contributed by atoms with Crippen LogP contribution in [0, 0.1) is 0 Å². The van der Waals surface area contributed by atoms with E-state index in [1.54, 1.807) is 0 Å². The number of rotatable bonds is 10. The summed E-state index contributed by atoms with van der Waals surface area (Å²) in [5, 5.41) is 5.60. The van der Waals surface area contributed by atoms with Crippen LogP contribution in [0.5, 0.6) is 0 Å². The number of hydrogen-bond acceptors (Lipinski definition) is 2. The van der Waals surface area contributed by atoms with Gasteiger partial charge in [0.15, 0.2) is 0 Å². The highest BCUT2D eigenvalue weighted by atomic mass is 28.4. The van der Waals surface area contributed by atoms with Crippen LogP contribution in [0.2, 0.25) is 0 Å². The van der Waals surface area contributed by atoms with Crippen molar-refractivity contribution in [3.63, 3.8) is 0 Å². The Labute approximate surface area is 199 Å². The molecule has 0 bridgehead atoms. The van der Waals surface area contributed by atoms with Crippen LogP contribution in [0.15, 0.2) is 72.8 Å². The Morgan fingerprint density at radius 2 is 0.909 bits per heavy atom. The molecule has 0 amide bonds. The highest BCUT2D eigenvalue weighted by Crippen LogP contribution is 2.24. The third-order valence-corrected chi connectivity index (χ3v) is 9.25. The fourth-order valence-electron chi connectivity index (χ4n) is 5.04. The van der Waals surface area contributed by atoms with Gasteiger partial charge >= 0.3 is 8.56 Å². The highest BCUT2D eigenvalue weighted by Gasteiger charge is 2.38. The summed E-state index contributed by atoms with van der Waals surface area (Å²) in [5.41, 5.74) is 2.59. The molecule has 0 aliphatic heterocycles. The minimum atomic E-state index is -3.91. The van der Waals surface area contributed by atoms with Crippen LogP contribution in [0.4, 0.5) is 0 Å². The first-order chi connectivity index (χ1) is 16.1. The van der Waals surface area contributed by atoms with E-state index < -0.39 is 8.56 Å². The molecule has 0 aliphatic rings. The van der Waals surface area contributed by atoms with E-state index in [-0.39, 0.29) is 0 Å². The van der Waals surface area contributed by atoms with Crippen LogP contribution in [0.25, 0.3) is 21.5 Å². The lowest BCUT2D eigenvalue weighted by Gasteiger charge is -2.24.